The first kappa shape index (κ1) is 15.4. The van der Waals surface area contributed by atoms with Crippen LogP contribution in [-0.2, 0) is 10.0 Å². The van der Waals surface area contributed by atoms with Crippen LogP contribution in [-0.4, -0.2) is 64.0 Å². The summed E-state index contributed by atoms with van der Waals surface area (Å²) in [5, 5.41) is 0. The number of hydrogen-bond donors (Lipinski definition) is 1. The van der Waals surface area contributed by atoms with E-state index >= 15 is 0 Å². The van der Waals surface area contributed by atoms with Gasteiger partial charge in [0.05, 0.1) is 4.90 Å². The van der Waals surface area contributed by atoms with Crippen molar-refractivity contribution in [1.29, 1.82) is 0 Å². The molecule has 1 fully saturated rings. The van der Waals surface area contributed by atoms with Gasteiger partial charge < -0.3 is 4.90 Å². The Hall–Kier alpha value is -0.950. The van der Waals surface area contributed by atoms with Gasteiger partial charge in [0.1, 0.15) is 0 Å². The maximum Gasteiger partial charge on any atom is 0.240 e. The van der Waals surface area contributed by atoms with Gasteiger partial charge >= 0.3 is 0 Å². The van der Waals surface area contributed by atoms with Gasteiger partial charge in [-0.15, -0.1) is 0 Å². The molecule has 1 N–H and O–H groups in total. The molecule has 0 bridgehead atoms. The topological polar surface area (TPSA) is 52.7 Å². The number of rotatable bonds is 5. The van der Waals surface area contributed by atoms with Gasteiger partial charge in [0, 0.05) is 38.8 Å². The first-order valence-electron chi connectivity index (χ1n) is 6.96. The summed E-state index contributed by atoms with van der Waals surface area (Å²) in [6, 6.07) is 8.72. The number of likely N-dealkylation sites (N-methyl/N-ethyl adjacent to an activating group) is 1. The molecule has 2 rings (SSSR count). The number of sulfonamides is 1. The van der Waals surface area contributed by atoms with E-state index in [0.29, 0.717) is 11.4 Å². The first-order valence-corrected chi connectivity index (χ1v) is 8.44. The molecule has 1 aliphatic heterocycles. The lowest BCUT2D eigenvalue weighted by atomic mass is 10.2. The summed E-state index contributed by atoms with van der Waals surface area (Å²) in [4.78, 5) is 4.94. The van der Waals surface area contributed by atoms with Gasteiger partial charge in [0.2, 0.25) is 10.0 Å². The Bertz CT molecular complexity index is 510. The van der Waals surface area contributed by atoms with Crippen LogP contribution in [0.15, 0.2) is 35.2 Å². The maximum atomic E-state index is 12.1. The monoisotopic (exact) mass is 297 g/mol. The van der Waals surface area contributed by atoms with Gasteiger partial charge in [0.15, 0.2) is 0 Å². The molecule has 20 heavy (non-hydrogen) atoms. The van der Waals surface area contributed by atoms with Crippen LogP contribution < -0.4 is 4.72 Å². The lowest BCUT2D eigenvalue weighted by Crippen LogP contribution is -2.51. The second kappa shape index (κ2) is 6.67. The predicted molar refractivity (Wildman–Crippen MR) is 80.2 cm³/mol. The van der Waals surface area contributed by atoms with E-state index in [1.165, 1.54) is 0 Å². The molecule has 112 valence electrons. The van der Waals surface area contributed by atoms with Crippen molar-refractivity contribution in [3.8, 4) is 0 Å². The van der Waals surface area contributed by atoms with Crippen molar-refractivity contribution in [3.63, 3.8) is 0 Å². The van der Waals surface area contributed by atoms with Crippen molar-refractivity contribution in [2.45, 2.75) is 17.9 Å². The lowest BCUT2D eigenvalue weighted by Gasteiger charge is -2.36. The SMILES string of the molecule is CC(CNS(=O)(=O)c1ccccc1)N1CCN(C)CC1. The Labute approximate surface area is 121 Å². The Morgan fingerprint density at radius 1 is 1.15 bits per heavy atom. The molecular formula is C14H23N3O2S. The summed E-state index contributed by atoms with van der Waals surface area (Å²) < 4.78 is 27.0. The summed E-state index contributed by atoms with van der Waals surface area (Å²) in [5.41, 5.74) is 0. The highest BCUT2D eigenvalue weighted by molar-refractivity contribution is 7.89. The normalized spacial score (nSPS) is 19.9. The van der Waals surface area contributed by atoms with E-state index in [9.17, 15) is 8.42 Å². The zero-order chi connectivity index (χ0) is 14.6. The van der Waals surface area contributed by atoms with Crippen LogP contribution in [0, 0.1) is 0 Å². The molecule has 0 aromatic heterocycles. The largest absolute Gasteiger partial charge is 0.304 e. The average molecular weight is 297 g/mol. The second-order valence-corrected chi connectivity index (χ2v) is 7.12. The third-order valence-electron chi connectivity index (χ3n) is 3.78. The fourth-order valence-corrected chi connectivity index (χ4v) is 3.45. The lowest BCUT2D eigenvalue weighted by molar-refractivity contribution is 0.120. The molecule has 1 saturated heterocycles. The number of hydrogen-bond acceptors (Lipinski definition) is 4. The van der Waals surface area contributed by atoms with Gasteiger partial charge in [-0.2, -0.15) is 0 Å². The highest BCUT2D eigenvalue weighted by atomic mass is 32.2. The van der Waals surface area contributed by atoms with Crippen LogP contribution in [0.2, 0.25) is 0 Å². The molecule has 1 atom stereocenters. The summed E-state index contributed by atoms with van der Waals surface area (Å²) in [6.45, 7) is 6.57. The molecule has 6 heteroatoms. The Morgan fingerprint density at radius 2 is 1.75 bits per heavy atom. The van der Waals surface area contributed by atoms with Crippen molar-refractivity contribution < 1.29 is 8.42 Å². The third kappa shape index (κ3) is 4.02. The third-order valence-corrected chi connectivity index (χ3v) is 5.22. The molecule has 0 aliphatic carbocycles. The van der Waals surface area contributed by atoms with E-state index in [-0.39, 0.29) is 6.04 Å². The average Bonchev–Trinajstić information content (AvgIpc) is 2.46. The van der Waals surface area contributed by atoms with Crippen molar-refractivity contribution in [2.75, 3.05) is 39.8 Å². The minimum absolute atomic E-state index is 0.210. The van der Waals surface area contributed by atoms with Gasteiger partial charge in [0.25, 0.3) is 0 Å². The van der Waals surface area contributed by atoms with E-state index in [0.717, 1.165) is 26.2 Å². The van der Waals surface area contributed by atoms with Crippen molar-refractivity contribution in [2.24, 2.45) is 0 Å². The fraction of sp³-hybridized carbons (Fsp3) is 0.571. The number of benzene rings is 1. The van der Waals surface area contributed by atoms with Gasteiger partial charge in [-0.25, -0.2) is 13.1 Å². The van der Waals surface area contributed by atoms with Crippen LogP contribution in [0.4, 0.5) is 0 Å². The maximum absolute atomic E-state index is 12.1. The molecule has 1 aromatic carbocycles. The standard InChI is InChI=1S/C14H23N3O2S/c1-13(17-10-8-16(2)9-11-17)12-15-20(18,19)14-6-4-3-5-7-14/h3-7,13,15H,8-12H2,1-2H3. The summed E-state index contributed by atoms with van der Waals surface area (Å²) >= 11 is 0. The Morgan fingerprint density at radius 3 is 2.35 bits per heavy atom. The van der Waals surface area contributed by atoms with Crippen molar-refractivity contribution in [1.82, 2.24) is 14.5 Å². The molecule has 1 unspecified atom stereocenters. The summed E-state index contributed by atoms with van der Waals surface area (Å²) in [5.74, 6) is 0. The quantitative estimate of drug-likeness (QED) is 0.865. The first-order chi connectivity index (χ1) is 9.49. The Kier molecular flexibility index (Phi) is 5.15. The highest BCUT2D eigenvalue weighted by Gasteiger charge is 2.21. The van der Waals surface area contributed by atoms with E-state index in [2.05, 4.69) is 28.5 Å². The molecule has 1 heterocycles. The zero-order valence-electron chi connectivity index (χ0n) is 12.1. The number of piperazine rings is 1. The molecule has 0 amide bonds. The van der Waals surface area contributed by atoms with Crippen LogP contribution in [0.5, 0.6) is 0 Å². The minimum Gasteiger partial charge on any atom is -0.304 e. The van der Waals surface area contributed by atoms with Crippen molar-refractivity contribution in [3.05, 3.63) is 30.3 Å². The van der Waals surface area contributed by atoms with Crippen molar-refractivity contribution >= 4 is 10.0 Å². The molecule has 0 saturated carbocycles. The fourth-order valence-electron chi connectivity index (χ4n) is 2.31. The van der Waals surface area contributed by atoms with Gasteiger partial charge in [-0.3, -0.25) is 4.90 Å². The molecule has 0 spiro atoms. The molecule has 1 aliphatic rings. The smallest absolute Gasteiger partial charge is 0.240 e. The van der Waals surface area contributed by atoms with E-state index in [4.69, 9.17) is 0 Å². The van der Waals surface area contributed by atoms with Crippen LogP contribution >= 0.6 is 0 Å². The molecule has 5 nitrogen and oxygen atoms in total. The summed E-state index contributed by atoms with van der Waals surface area (Å²) in [7, 11) is -1.28. The second-order valence-electron chi connectivity index (χ2n) is 5.35. The van der Waals surface area contributed by atoms with Gasteiger partial charge in [-0.1, -0.05) is 18.2 Å². The Balaban J connectivity index is 1.88. The predicted octanol–water partition coefficient (Wildman–Crippen LogP) is 0.601. The molecular weight excluding hydrogens is 274 g/mol. The van der Waals surface area contributed by atoms with E-state index in [1.807, 2.05) is 6.07 Å². The summed E-state index contributed by atoms with van der Waals surface area (Å²) in [6.07, 6.45) is 0. The van der Waals surface area contributed by atoms with Crippen LogP contribution in [0.1, 0.15) is 6.92 Å². The van der Waals surface area contributed by atoms with E-state index < -0.39 is 10.0 Å². The molecule has 1 aromatic rings. The van der Waals surface area contributed by atoms with Crippen LogP contribution in [0.25, 0.3) is 0 Å². The number of nitrogens with one attached hydrogen (secondary N) is 1. The van der Waals surface area contributed by atoms with Gasteiger partial charge in [-0.05, 0) is 26.1 Å². The van der Waals surface area contributed by atoms with E-state index in [1.54, 1.807) is 24.3 Å². The molecule has 0 radical (unpaired) electrons. The highest BCUT2D eigenvalue weighted by Crippen LogP contribution is 2.09. The van der Waals surface area contributed by atoms with Crippen LogP contribution in [0.3, 0.4) is 0 Å². The minimum atomic E-state index is -3.39. The number of nitrogens with zero attached hydrogens (tertiary/aromatic N) is 2. The zero-order valence-corrected chi connectivity index (χ0v) is 12.9.